The molecule has 1 unspecified atom stereocenters. The fourth-order valence-corrected chi connectivity index (χ4v) is 5.83. The molecule has 4 heteroatoms. The van der Waals surface area contributed by atoms with Crippen molar-refractivity contribution in [2.45, 2.75) is 45.4 Å². The largest absolute Gasteiger partial charge is 0.385 e. The Balaban J connectivity index is 1.47. The summed E-state index contributed by atoms with van der Waals surface area (Å²) < 4.78 is 0. The van der Waals surface area contributed by atoms with Crippen molar-refractivity contribution in [2.24, 2.45) is 5.41 Å². The lowest BCUT2D eigenvalue weighted by Gasteiger charge is -2.37. The van der Waals surface area contributed by atoms with E-state index in [2.05, 4.69) is 135 Å². The summed E-state index contributed by atoms with van der Waals surface area (Å²) in [7, 11) is 0. The summed E-state index contributed by atoms with van der Waals surface area (Å²) in [6.07, 6.45) is 0.191. The second kappa shape index (κ2) is 13.6. The zero-order chi connectivity index (χ0) is 30.3. The van der Waals surface area contributed by atoms with Gasteiger partial charge >= 0.3 is 0 Å². The number of aliphatic hydroxyl groups excluding tert-OH is 1. The number of nitrogens with one attached hydrogen (secondary N) is 2. The highest BCUT2D eigenvalue weighted by atomic mass is 35.5. The predicted octanol–water partition coefficient (Wildman–Crippen LogP) is 9.35. The minimum Gasteiger partial charge on any atom is -0.385 e. The van der Waals surface area contributed by atoms with E-state index >= 15 is 0 Å². The Labute approximate surface area is 261 Å². The van der Waals surface area contributed by atoms with Crippen molar-refractivity contribution in [2.75, 3.05) is 11.9 Å². The second-order valence-electron chi connectivity index (χ2n) is 12.3. The Kier molecular flexibility index (Phi) is 9.67. The van der Waals surface area contributed by atoms with Gasteiger partial charge in [0.05, 0.1) is 5.54 Å². The van der Waals surface area contributed by atoms with Crippen molar-refractivity contribution in [3.8, 4) is 0 Å². The van der Waals surface area contributed by atoms with E-state index in [1.807, 2.05) is 30.3 Å². The molecule has 0 bridgehead atoms. The van der Waals surface area contributed by atoms with E-state index in [1.54, 1.807) is 0 Å². The molecule has 3 nitrogen and oxygen atoms in total. The first-order valence-electron chi connectivity index (χ1n) is 15.0. The molecule has 0 saturated carbocycles. The molecule has 5 rings (SSSR count). The SMILES string of the molecule is CC(C)(C)CCNc1ccc(Cl)cc1C(O)c1cccc(CNC(c2ccccc2)(c2ccccc2)c2ccccc2)c1. The molecule has 1 atom stereocenters. The summed E-state index contributed by atoms with van der Waals surface area (Å²) in [4.78, 5) is 0. The molecule has 5 aromatic rings. The van der Waals surface area contributed by atoms with Gasteiger partial charge < -0.3 is 10.4 Å². The van der Waals surface area contributed by atoms with Crippen molar-refractivity contribution in [1.82, 2.24) is 5.32 Å². The van der Waals surface area contributed by atoms with Crippen LogP contribution in [0.15, 0.2) is 133 Å². The van der Waals surface area contributed by atoms with E-state index in [0.717, 1.165) is 52.0 Å². The van der Waals surface area contributed by atoms with Gasteiger partial charge in [0.25, 0.3) is 0 Å². The van der Waals surface area contributed by atoms with Crippen molar-refractivity contribution in [1.29, 1.82) is 0 Å². The lowest BCUT2D eigenvalue weighted by molar-refractivity contribution is 0.221. The topological polar surface area (TPSA) is 44.3 Å². The maximum atomic E-state index is 11.6. The first kappa shape index (κ1) is 30.6. The summed E-state index contributed by atoms with van der Waals surface area (Å²) in [6.45, 7) is 8.09. The van der Waals surface area contributed by atoms with Crippen LogP contribution in [0.2, 0.25) is 5.02 Å². The van der Waals surface area contributed by atoms with Gasteiger partial charge in [-0.05, 0) is 57.9 Å². The highest BCUT2D eigenvalue weighted by Gasteiger charge is 2.35. The minimum absolute atomic E-state index is 0.216. The molecule has 5 aromatic carbocycles. The monoisotopic (exact) mass is 588 g/mol. The molecule has 0 fully saturated rings. The van der Waals surface area contributed by atoms with Crippen LogP contribution in [0, 0.1) is 5.41 Å². The van der Waals surface area contributed by atoms with Gasteiger partial charge in [-0.15, -0.1) is 0 Å². The highest BCUT2D eigenvalue weighted by Crippen LogP contribution is 2.37. The Morgan fingerprint density at radius 2 is 1.23 bits per heavy atom. The maximum absolute atomic E-state index is 11.6. The third kappa shape index (κ3) is 7.37. The number of hydrogen-bond acceptors (Lipinski definition) is 3. The number of halogens is 1. The van der Waals surface area contributed by atoms with E-state index in [0.29, 0.717) is 11.6 Å². The van der Waals surface area contributed by atoms with Gasteiger partial charge in [-0.2, -0.15) is 0 Å². The number of hydrogen-bond donors (Lipinski definition) is 3. The number of anilines is 1. The van der Waals surface area contributed by atoms with Crippen molar-refractivity contribution in [3.63, 3.8) is 0 Å². The van der Waals surface area contributed by atoms with Gasteiger partial charge in [0.2, 0.25) is 0 Å². The molecular formula is C39H41ClN2O. The lowest BCUT2D eigenvalue weighted by atomic mass is 9.77. The molecule has 0 aliphatic carbocycles. The standard InChI is InChI=1S/C39H41ClN2O/c1-38(2,3)24-25-41-36-23-22-34(40)27-35(36)37(43)30-15-13-14-29(26-30)28-42-39(31-16-7-4-8-17-31,32-18-9-5-10-19-32)33-20-11-6-12-21-33/h4-23,26-27,37,41-43H,24-25,28H2,1-3H3. The Bertz CT molecular complexity index is 1500. The summed E-state index contributed by atoms with van der Waals surface area (Å²) in [6, 6.07) is 45.7. The summed E-state index contributed by atoms with van der Waals surface area (Å²) >= 11 is 6.41. The maximum Gasteiger partial charge on any atom is 0.106 e. The molecule has 0 radical (unpaired) electrons. The molecular weight excluding hydrogens is 548 g/mol. The number of benzene rings is 5. The fraction of sp³-hybridized carbons (Fsp3) is 0.231. The average molecular weight is 589 g/mol. The third-order valence-electron chi connectivity index (χ3n) is 7.94. The summed E-state index contributed by atoms with van der Waals surface area (Å²) in [5.41, 5.74) is 6.71. The van der Waals surface area contributed by atoms with E-state index in [4.69, 9.17) is 11.6 Å². The van der Waals surface area contributed by atoms with Gasteiger partial charge in [-0.3, -0.25) is 5.32 Å². The average Bonchev–Trinajstić information content (AvgIpc) is 3.03. The van der Waals surface area contributed by atoms with E-state index in [9.17, 15) is 5.11 Å². The molecule has 3 N–H and O–H groups in total. The van der Waals surface area contributed by atoms with Crippen molar-refractivity contribution in [3.05, 3.63) is 172 Å². The zero-order valence-corrected chi connectivity index (χ0v) is 26.0. The fourth-order valence-electron chi connectivity index (χ4n) is 5.65. The Morgan fingerprint density at radius 1 is 0.674 bits per heavy atom. The van der Waals surface area contributed by atoms with Crippen LogP contribution < -0.4 is 10.6 Å². The Hall–Kier alpha value is -3.89. The van der Waals surface area contributed by atoms with Crippen LogP contribution in [0.3, 0.4) is 0 Å². The minimum atomic E-state index is -0.821. The van der Waals surface area contributed by atoms with Crippen LogP contribution >= 0.6 is 11.6 Å². The quantitative estimate of drug-likeness (QED) is 0.135. The van der Waals surface area contributed by atoms with E-state index < -0.39 is 11.6 Å². The van der Waals surface area contributed by atoms with Gasteiger partial charge in [0, 0.05) is 29.4 Å². The van der Waals surface area contributed by atoms with Crippen LogP contribution in [-0.2, 0) is 12.1 Å². The Morgan fingerprint density at radius 3 is 1.77 bits per heavy atom. The summed E-state index contributed by atoms with van der Waals surface area (Å²) in [5, 5.41) is 19.7. The zero-order valence-electron chi connectivity index (χ0n) is 25.2. The highest BCUT2D eigenvalue weighted by molar-refractivity contribution is 6.30. The van der Waals surface area contributed by atoms with Crippen molar-refractivity contribution >= 4 is 17.3 Å². The molecule has 220 valence electrons. The predicted molar refractivity (Wildman–Crippen MR) is 181 cm³/mol. The van der Waals surface area contributed by atoms with Gasteiger partial charge in [0.1, 0.15) is 6.10 Å². The van der Waals surface area contributed by atoms with Gasteiger partial charge in [-0.1, -0.05) is 148 Å². The van der Waals surface area contributed by atoms with Crippen LogP contribution in [0.5, 0.6) is 0 Å². The second-order valence-corrected chi connectivity index (χ2v) is 12.8. The molecule has 0 heterocycles. The molecule has 0 amide bonds. The van der Waals surface area contributed by atoms with Crippen molar-refractivity contribution < 1.29 is 5.11 Å². The molecule has 0 aliphatic heterocycles. The molecule has 0 aliphatic rings. The molecule has 43 heavy (non-hydrogen) atoms. The first-order chi connectivity index (χ1) is 20.8. The van der Waals surface area contributed by atoms with Gasteiger partial charge in [0.15, 0.2) is 0 Å². The smallest absolute Gasteiger partial charge is 0.106 e. The summed E-state index contributed by atoms with van der Waals surface area (Å²) in [5.74, 6) is 0. The first-order valence-corrected chi connectivity index (χ1v) is 15.4. The van der Waals surface area contributed by atoms with Crippen LogP contribution in [0.1, 0.15) is 66.7 Å². The van der Waals surface area contributed by atoms with Crippen LogP contribution in [0.25, 0.3) is 0 Å². The van der Waals surface area contributed by atoms with E-state index in [1.165, 1.54) is 0 Å². The number of rotatable bonds is 11. The lowest BCUT2D eigenvalue weighted by Crippen LogP contribution is -2.44. The number of aliphatic hydroxyl groups is 1. The molecule has 0 spiro atoms. The molecule has 0 aromatic heterocycles. The third-order valence-corrected chi connectivity index (χ3v) is 8.18. The normalized spacial score (nSPS) is 12.6. The van der Waals surface area contributed by atoms with E-state index in [-0.39, 0.29) is 5.41 Å². The van der Waals surface area contributed by atoms with Crippen LogP contribution in [-0.4, -0.2) is 11.7 Å². The van der Waals surface area contributed by atoms with Crippen LogP contribution in [0.4, 0.5) is 5.69 Å². The van der Waals surface area contributed by atoms with Gasteiger partial charge in [-0.25, -0.2) is 0 Å². The molecule has 0 saturated heterocycles.